The molecule has 13 nitrogen and oxygen atoms in total. The first-order valence-corrected chi connectivity index (χ1v) is 18.3. The number of hydrogen-bond donors (Lipinski definition) is 2. The summed E-state index contributed by atoms with van der Waals surface area (Å²) in [6.45, 7) is 8.19. The number of ether oxygens (including phenoxy) is 2. The normalized spacial score (nSPS) is 17.2. The van der Waals surface area contributed by atoms with Crippen LogP contribution in [0.5, 0.6) is 11.6 Å². The smallest absolute Gasteiger partial charge is 0.257 e. The van der Waals surface area contributed by atoms with Crippen LogP contribution in [0.4, 0.5) is 8.78 Å². The predicted molar refractivity (Wildman–Crippen MR) is 197 cm³/mol. The van der Waals surface area contributed by atoms with Crippen molar-refractivity contribution >= 4 is 22.1 Å². The van der Waals surface area contributed by atoms with Gasteiger partial charge in [-0.1, -0.05) is 0 Å². The van der Waals surface area contributed by atoms with Gasteiger partial charge in [-0.25, -0.2) is 13.8 Å². The summed E-state index contributed by atoms with van der Waals surface area (Å²) in [6, 6.07) is 11.7. The second kappa shape index (κ2) is 16.9. The molecule has 15 heteroatoms. The van der Waals surface area contributed by atoms with Gasteiger partial charge in [0.2, 0.25) is 0 Å². The third-order valence-corrected chi connectivity index (χ3v) is 10.2. The third kappa shape index (κ3) is 9.22. The zero-order valence-electron chi connectivity index (χ0n) is 29.6. The highest BCUT2D eigenvalue weighted by Gasteiger charge is 2.20. The largest absolute Gasteiger partial charge is 0.484 e. The first-order valence-electron chi connectivity index (χ1n) is 18.3. The molecule has 3 aliphatic rings. The number of halogens is 2. The van der Waals surface area contributed by atoms with E-state index in [0.29, 0.717) is 72.1 Å². The Bertz CT molecular complexity index is 2150. The molecule has 0 atom stereocenters. The molecule has 3 aliphatic heterocycles. The monoisotopic (exact) mass is 729 g/mol. The fraction of sp³-hybridized carbons (Fsp3) is 0.447. The summed E-state index contributed by atoms with van der Waals surface area (Å²) >= 11 is 0. The molecule has 53 heavy (non-hydrogen) atoms. The molecule has 0 spiro atoms. The van der Waals surface area contributed by atoms with Gasteiger partial charge in [-0.3, -0.25) is 19.6 Å². The third-order valence-electron chi connectivity index (χ3n) is 10.2. The Hall–Kier alpha value is -4.83. The van der Waals surface area contributed by atoms with E-state index in [9.17, 15) is 18.4 Å². The number of rotatable bonds is 9. The number of nitrogens with two attached hydrogens (primary N) is 1. The van der Waals surface area contributed by atoms with Gasteiger partial charge in [-0.15, -0.1) is 0 Å². The van der Waals surface area contributed by atoms with Crippen LogP contribution in [0.25, 0.3) is 22.1 Å². The zero-order chi connectivity index (χ0) is 36.7. The van der Waals surface area contributed by atoms with Crippen molar-refractivity contribution in [2.75, 3.05) is 52.5 Å². The van der Waals surface area contributed by atoms with E-state index in [0.717, 1.165) is 77.1 Å². The van der Waals surface area contributed by atoms with E-state index in [4.69, 9.17) is 15.2 Å². The topological polar surface area (TPSA) is 146 Å². The number of fused-ring (bicyclic) bond motifs is 3. The van der Waals surface area contributed by atoms with Gasteiger partial charge in [-0.05, 0) is 75.6 Å². The summed E-state index contributed by atoms with van der Waals surface area (Å²) in [5.74, 6) is 0.420. The van der Waals surface area contributed by atoms with Crippen molar-refractivity contribution in [2.24, 2.45) is 5.73 Å². The predicted octanol–water partition coefficient (Wildman–Crippen LogP) is 2.91. The highest BCUT2D eigenvalue weighted by atomic mass is 19.1. The lowest BCUT2D eigenvalue weighted by Gasteiger charge is -2.32. The summed E-state index contributed by atoms with van der Waals surface area (Å²) in [5.41, 5.74) is 9.07. The Kier molecular flexibility index (Phi) is 11.6. The maximum absolute atomic E-state index is 13.7. The fourth-order valence-corrected chi connectivity index (χ4v) is 7.10. The molecule has 3 N–H and O–H groups in total. The average molecular weight is 730 g/mol. The van der Waals surface area contributed by atoms with Crippen LogP contribution in [0.2, 0.25) is 0 Å². The van der Waals surface area contributed by atoms with Crippen molar-refractivity contribution in [3.63, 3.8) is 0 Å². The van der Waals surface area contributed by atoms with Gasteiger partial charge in [-0.2, -0.15) is 0 Å². The molecule has 0 aromatic carbocycles. The fourth-order valence-electron chi connectivity index (χ4n) is 7.10. The number of piperidine rings is 2. The van der Waals surface area contributed by atoms with E-state index < -0.39 is 11.6 Å². The molecular weight excluding hydrogens is 684 g/mol. The quantitative estimate of drug-likeness (QED) is 0.231. The molecule has 5 aromatic rings. The van der Waals surface area contributed by atoms with E-state index in [1.54, 1.807) is 21.3 Å². The first kappa shape index (κ1) is 36.5. The number of pyridine rings is 5. The number of hydrogen-bond acceptors (Lipinski definition) is 11. The zero-order valence-corrected chi connectivity index (χ0v) is 29.6. The van der Waals surface area contributed by atoms with E-state index in [2.05, 4.69) is 30.1 Å². The Morgan fingerprint density at radius 1 is 0.698 bits per heavy atom. The van der Waals surface area contributed by atoms with E-state index >= 15 is 0 Å². The van der Waals surface area contributed by atoms with Crippen LogP contribution in [0.3, 0.4) is 0 Å². The van der Waals surface area contributed by atoms with Gasteiger partial charge in [0.1, 0.15) is 24.8 Å². The molecule has 280 valence electrons. The molecule has 0 aliphatic carbocycles. The van der Waals surface area contributed by atoms with Crippen molar-refractivity contribution in [1.82, 2.24) is 39.2 Å². The average Bonchev–Trinajstić information content (AvgIpc) is 3.17. The SMILES string of the molecule is NC1CCN(CCn2c(=O)ccc3ncc(F)cc32)CC1.O=c1ccc2ncc(F)cc2n1CCN1CCC(NCc2cnc3c(c2)OCCO3)CC1. The van der Waals surface area contributed by atoms with Gasteiger partial charge in [0.05, 0.1) is 34.5 Å². The molecule has 0 unspecified atom stereocenters. The van der Waals surface area contributed by atoms with Gasteiger partial charge in [0.25, 0.3) is 17.0 Å². The Labute approximate surface area is 305 Å². The molecule has 0 amide bonds. The molecule has 8 rings (SSSR count). The molecule has 0 bridgehead atoms. The van der Waals surface area contributed by atoms with E-state index in [1.165, 1.54) is 36.7 Å². The second-order valence-corrected chi connectivity index (χ2v) is 13.8. The van der Waals surface area contributed by atoms with Gasteiger partial charge in [0.15, 0.2) is 5.75 Å². The molecule has 2 fully saturated rings. The summed E-state index contributed by atoms with van der Waals surface area (Å²) in [6.07, 6.45) is 8.20. The van der Waals surface area contributed by atoms with Crippen LogP contribution in [-0.4, -0.2) is 98.5 Å². The summed E-state index contributed by atoms with van der Waals surface area (Å²) < 4.78 is 41.3. The van der Waals surface area contributed by atoms with Crippen LogP contribution in [0, 0.1) is 11.6 Å². The summed E-state index contributed by atoms with van der Waals surface area (Å²) in [5, 5.41) is 3.61. The van der Waals surface area contributed by atoms with Crippen molar-refractivity contribution in [3.05, 3.63) is 99.0 Å². The van der Waals surface area contributed by atoms with E-state index in [1.807, 2.05) is 12.3 Å². The highest BCUT2D eigenvalue weighted by molar-refractivity contribution is 5.74. The lowest BCUT2D eigenvalue weighted by Crippen LogP contribution is -2.43. The van der Waals surface area contributed by atoms with Crippen LogP contribution < -0.4 is 31.6 Å². The van der Waals surface area contributed by atoms with Crippen molar-refractivity contribution in [3.8, 4) is 11.6 Å². The van der Waals surface area contributed by atoms with Crippen LogP contribution in [0.1, 0.15) is 31.2 Å². The molecule has 0 radical (unpaired) electrons. The summed E-state index contributed by atoms with van der Waals surface area (Å²) in [4.78, 5) is 41.5. The minimum atomic E-state index is -0.433. The molecule has 8 heterocycles. The standard InChI is InChI=1S/C23H26FN5O3.C15H19FN4O/c24-17-12-20-19(26-15-17)1-2-22(30)29(20)8-7-28-5-3-18(4-6-28)25-13-16-11-21-23(27-14-16)32-10-9-31-21;16-11-9-14-13(18-10-11)1-2-15(21)20(14)8-7-19-5-3-12(17)4-6-19/h1-2,11-12,14-15,18,25H,3-10,13H2;1-2,9-10,12H,3-8,17H2. The van der Waals surface area contributed by atoms with Crippen LogP contribution in [0.15, 0.2) is 70.6 Å². The van der Waals surface area contributed by atoms with Gasteiger partial charge < -0.3 is 39.5 Å². The first-order chi connectivity index (χ1) is 25.8. The maximum atomic E-state index is 13.7. The van der Waals surface area contributed by atoms with E-state index in [-0.39, 0.29) is 11.1 Å². The van der Waals surface area contributed by atoms with Crippen LogP contribution in [-0.2, 0) is 19.6 Å². The highest BCUT2D eigenvalue weighted by Crippen LogP contribution is 2.28. The Morgan fingerprint density at radius 3 is 1.83 bits per heavy atom. The van der Waals surface area contributed by atoms with Crippen molar-refractivity contribution in [1.29, 1.82) is 0 Å². The minimum Gasteiger partial charge on any atom is -0.484 e. The number of aromatic nitrogens is 5. The van der Waals surface area contributed by atoms with Crippen LogP contribution >= 0.6 is 0 Å². The number of nitrogens with one attached hydrogen (secondary N) is 1. The molecule has 5 aromatic heterocycles. The van der Waals surface area contributed by atoms with Crippen molar-refractivity contribution < 1.29 is 18.3 Å². The minimum absolute atomic E-state index is 0.122. The lowest BCUT2D eigenvalue weighted by atomic mass is 10.0. The second-order valence-electron chi connectivity index (χ2n) is 13.8. The lowest BCUT2D eigenvalue weighted by molar-refractivity contribution is 0.164. The Balaban J connectivity index is 0.000000179. The Morgan fingerprint density at radius 2 is 1.25 bits per heavy atom. The number of likely N-dealkylation sites (tertiary alicyclic amines) is 2. The van der Waals surface area contributed by atoms with Crippen molar-refractivity contribution in [2.45, 2.75) is 57.4 Å². The molecular formula is C38H45F2N9O4. The molecule has 0 saturated carbocycles. The molecule has 2 saturated heterocycles. The van der Waals surface area contributed by atoms with Gasteiger partial charge >= 0.3 is 0 Å². The maximum Gasteiger partial charge on any atom is 0.257 e. The summed E-state index contributed by atoms with van der Waals surface area (Å²) in [7, 11) is 0. The van der Waals surface area contributed by atoms with Gasteiger partial charge in [0, 0.05) is 75.3 Å². The number of nitrogens with zero attached hydrogens (tertiary/aromatic N) is 7.